The molecule has 0 aromatic heterocycles. The predicted molar refractivity (Wildman–Crippen MR) is 92.7 cm³/mol. The van der Waals surface area contributed by atoms with E-state index in [0.29, 0.717) is 17.9 Å². The Bertz CT molecular complexity index is 738. The van der Waals surface area contributed by atoms with Crippen molar-refractivity contribution < 1.29 is 19.4 Å². The van der Waals surface area contributed by atoms with E-state index in [2.05, 4.69) is 5.32 Å². The smallest absolute Gasteiger partial charge is 0.335 e. The van der Waals surface area contributed by atoms with E-state index in [1.54, 1.807) is 12.1 Å². The van der Waals surface area contributed by atoms with Crippen LogP contribution in [-0.2, 0) is 4.79 Å². The summed E-state index contributed by atoms with van der Waals surface area (Å²) in [6, 6.07) is 11.7. The number of aryl methyl sites for hydroxylation is 2. The largest absolute Gasteiger partial charge is 0.481 e. The first-order valence-electron chi connectivity index (χ1n) is 7.79. The lowest BCUT2D eigenvalue weighted by molar-refractivity contribution is -0.122. The van der Waals surface area contributed by atoms with Crippen LogP contribution in [0.3, 0.4) is 0 Å². The summed E-state index contributed by atoms with van der Waals surface area (Å²) in [6.07, 6.45) is -0.0994. The number of anilines is 1. The third-order valence-corrected chi connectivity index (χ3v) is 3.82. The highest BCUT2D eigenvalue weighted by Gasteiger charge is 2.19. The summed E-state index contributed by atoms with van der Waals surface area (Å²) >= 11 is 0. The molecular formula is C19H21NO4. The first kappa shape index (κ1) is 17.5. The molecule has 0 radical (unpaired) electrons. The van der Waals surface area contributed by atoms with Crippen LogP contribution >= 0.6 is 0 Å². The number of benzene rings is 2. The molecule has 0 aliphatic rings. The molecule has 0 saturated heterocycles. The van der Waals surface area contributed by atoms with Crippen molar-refractivity contribution in [3.05, 3.63) is 59.2 Å². The van der Waals surface area contributed by atoms with Gasteiger partial charge in [-0.3, -0.25) is 4.79 Å². The summed E-state index contributed by atoms with van der Waals surface area (Å²) in [5.41, 5.74) is 2.98. The summed E-state index contributed by atoms with van der Waals surface area (Å²) in [5.74, 6) is -0.613. The lowest BCUT2D eigenvalue weighted by Crippen LogP contribution is -2.32. The van der Waals surface area contributed by atoms with E-state index < -0.39 is 12.1 Å². The molecule has 1 atom stereocenters. The molecule has 1 unspecified atom stereocenters. The van der Waals surface area contributed by atoms with Gasteiger partial charge >= 0.3 is 5.97 Å². The van der Waals surface area contributed by atoms with Crippen molar-refractivity contribution >= 4 is 17.6 Å². The maximum Gasteiger partial charge on any atom is 0.335 e. The highest BCUT2D eigenvalue weighted by atomic mass is 16.5. The number of ether oxygens (including phenoxy) is 1. The van der Waals surface area contributed by atoms with E-state index >= 15 is 0 Å². The molecule has 0 bridgehead atoms. The molecule has 2 N–H and O–H groups in total. The van der Waals surface area contributed by atoms with Crippen LogP contribution in [0.15, 0.2) is 42.5 Å². The molecule has 2 rings (SSSR count). The first-order valence-corrected chi connectivity index (χ1v) is 7.79. The minimum atomic E-state index is -1.00. The summed E-state index contributed by atoms with van der Waals surface area (Å²) in [4.78, 5) is 23.2. The molecule has 0 aliphatic heterocycles. The number of carboxylic acid groups (broad SMARTS) is 1. The molecule has 24 heavy (non-hydrogen) atoms. The van der Waals surface area contributed by atoms with Gasteiger partial charge in [0.2, 0.25) is 0 Å². The number of aromatic carboxylic acids is 1. The van der Waals surface area contributed by atoms with Crippen LogP contribution < -0.4 is 10.1 Å². The van der Waals surface area contributed by atoms with Gasteiger partial charge in [-0.25, -0.2) is 4.79 Å². The Morgan fingerprint density at radius 2 is 1.75 bits per heavy atom. The Balaban J connectivity index is 2.05. The Morgan fingerprint density at radius 1 is 1.08 bits per heavy atom. The Kier molecular flexibility index (Phi) is 5.58. The average Bonchev–Trinajstić information content (AvgIpc) is 2.56. The SMILES string of the molecule is CCC(Oc1ccc(C)c(C)c1)C(=O)Nc1ccc(C(=O)O)cc1. The molecule has 2 aromatic rings. The van der Waals surface area contributed by atoms with Gasteiger partial charge < -0.3 is 15.2 Å². The molecule has 2 aromatic carbocycles. The molecule has 5 nitrogen and oxygen atoms in total. The number of nitrogens with one attached hydrogen (secondary N) is 1. The lowest BCUT2D eigenvalue weighted by atomic mass is 10.1. The van der Waals surface area contributed by atoms with Crippen molar-refractivity contribution in [2.24, 2.45) is 0 Å². The third-order valence-electron chi connectivity index (χ3n) is 3.82. The van der Waals surface area contributed by atoms with Gasteiger partial charge in [0.15, 0.2) is 6.10 Å². The molecule has 0 heterocycles. The second kappa shape index (κ2) is 7.64. The fourth-order valence-electron chi connectivity index (χ4n) is 2.19. The standard InChI is InChI=1S/C19H21NO4/c1-4-17(24-16-10-5-12(2)13(3)11-16)18(21)20-15-8-6-14(7-9-15)19(22)23/h5-11,17H,4H2,1-3H3,(H,20,21)(H,22,23). The normalized spacial score (nSPS) is 11.6. The molecule has 1 amide bonds. The summed E-state index contributed by atoms with van der Waals surface area (Å²) in [5, 5.41) is 11.6. The van der Waals surface area contributed by atoms with Gasteiger partial charge in [-0.05, 0) is 67.8 Å². The third kappa shape index (κ3) is 4.35. The molecule has 0 aliphatic carbocycles. The predicted octanol–water partition coefficient (Wildman–Crippen LogP) is 3.80. The van der Waals surface area contributed by atoms with Crippen LogP contribution in [0.4, 0.5) is 5.69 Å². The van der Waals surface area contributed by atoms with Crippen LogP contribution in [0.2, 0.25) is 0 Å². The fourth-order valence-corrected chi connectivity index (χ4v) is 2.19. The summed E-state index contributed by atoms with van der Waals surface area (Å²) in [6.45, 7) is 5.88. The number of carboxylic acids is 1. The van der Waals surface area contributed by atoms with E-state index in [4.69, 9.17) is 9.84 Å². The van der Waals surface area contributed by atoms with E-state index in [9.17, 15) is 9.59 Å². The van der Waals surface area contributed by atoms with Gasteiger partial charge in [0.25, 0.3) is 5.91 Å². The van der Waals surface area contributed by atoms with Gasteiger partial charge in [0.1, 0.15) is 5.75 Å². The van der Waals surface area contributed by atoms with Crippen molar-refractivity contribution in [2.45, 2.75) is 33.3 Å². The highest BCUT2D eigenvalue weighted by molar-refractivity contribution is 5.95. The van der Waals surface area contributed by atoms with Gasteiger partial charge in [0, 0.05) is 5.69 Å². The van der Waals surface area contributed by atoms with Crippen molar-refractivity contribution in [3.63, 3.8) is 0 Å². The van der Waals surface area contributed by atoms with Crippen LogP contribution in [0.5, 0.6) is 5.75 Å². The van der Waals surface area contributed by atoms with Crippen LogP contribution in [0.1, 0.15) is 34.8 Å². The quantitative estimate of drug-likeness (QED) is 0.846. The number of hydrogen-bond donors (Lipinski definition) is 2. The van der Waals surface area contributed by atoms with Crippen LogP contribution in [0, 0.1) is 13.8 Å². The maximum atomic E-state index is 12.4. The van der Waals surface area contributed by atoms with Crippen molar-refractivity contribution in [1.29, 1.82) is 0 Å². The Labute approximate surface area is 141 Å². The fraction of sp³-hybridized carbons (Fsp3) is 0.263. The van der Waals surface area contributed by atoms with E-state index in [1.165, 1.54) is 17.7 Å². The minimum absolute atomic E-state index is 0.173. The average molecular weight is 327 g/mol. The lowest BCUT2D eigenvalue weighted by Gasteiger charge is -2.18. The second-order valence-electron chi connectivity index (χ2n) is 5.63. The number of carbonyl (C=O) groups excluding carboxylic acids is 1. The number of amides is 1. The minimum Gasteiger partial charge on any atom is -0.481 e. The molecule has 0 saturated carbocycles. The van der Waals surface area contributed by atoms with Crippen LogP contribution in [-0.4, -0.2) is 23.1 Å². The van der Waals surface area contributed by atoms with Gasteiger partial charge in [-0.2, -0.15) is 0 Å². The molecule has 0 fully saturated rings. The van der Waals surface area contributed by atoms with Gasteiger partial charge in [-0.15, -0.1) is 0 Å². The zero-order chi connectivity index (χ0) is 17.7. The molecule has 126 valence electrons. The molecule has 0 spiro atoms. The zero-order valence-electron chi connectivity index (χ0n) is 14.0. The number of hydrogen-bond acceptors (Lipinski definition) is 3. The topological polar surface area (TPSA) is 75.6 Å². The monoisotopic (exact) mass is 327 g/mol. The summed E-state index contributed by atoms with van der Waals surface area (Å²) in [7, 11) is 0. The van der Waals surface area contributed by atoms with E-state index in [0.717, 1.165) is 5.56 Å². The summed E-state index contributed by atoms with van der Waals surface area (Å²) < 4.78 is 5.79. The molecular weight excluding hydrogens is 306 g/mol. The van der Waals surface area contributed by atoms with Crippen LogP contribution in [0.25, 0.3) is 0 Å². The highest BCUT2D eigenvalue weighted by Crippen LogP contribution is 2.19. The maximum absolute atomic E-state index is 12.4. The zero-order valence-corrected chi connectivity index (χ0v) is 14.0. The van der Waals surface area contributed by atoms with Crippen molar-refractivity contribution in [3.8, 4) is 5.75 Å². The van der Waals surface area contributed by atoms with E-state index in [1.807, 2.05) is 39.0 Å². The van der Waals surface area contributed by atoms with Crippen molar-refractivity contribution in [1.82, 2.24) is 0 Å². The Morgan fingerprint density at radius 3 is 2.29 bits per heavy atom. The number of rotatable bonds is 6. The Hall–Kier alpha value is -2.82. The number of carbonyl (C=O) groups is 2. The van der Waals surface area contributed by atoms with E-state index in [-0.39, 0.29) is 11.5 Å². The van der Waals surface area contributed by atoms with Gasteiger partial charge in [0.05, 0.1) is 5.56 Å². The van der Waals surface area contributed by atoms with Gasteiger partial charge in [-0.1, -0.05) is 13.0 Å². The van der Waals surface area contributed by atoms with Crippen molar-refractivity contribution in [2.75, 3.05) is 5.32 Å². The molecule has 5 heteroatoms. The first-order chi connectivity index (χ1) is 11.4. The second-order valence-corrected chi connectivity index (χ2v) is 5.63.